The van der Waals surface area contributed by atoms with Crippen molar-refractivity contribution in [2.75, 3.05) is 0 Å². The van der Waals surface area contributed by atoms with Crippen LogP contribution in [0.4, 0.5) is 0 Å². The summed E-state index contributed by atoms with van der Waals surface area (Å²) in [6.07, 6.45) is 0. The van der Waals surface area contributed by atoms with Crippen LogP contribution in [0.3, 0.4) is 0 Å². The molecular formula is C13H21NO3. The third-order valence-electron chi connectivity index (χ3n) is 3.11. The zero-order valence-corrected chi connectivity index (χ0v) is 10.8. The van der Waals surface area contributed by atoms with Gasteiger partial charge < -0.3 is 20.6 Å². The first-order valence-corrected chi connectivity index (χ1v) is 5.69. The Hall–Kier alpha value is -1.42. The van der Waals surface area contributed by atoms with Crippen molar-refractivity contribution < 1.29 is 15.3 Å². The van der Waals surface area contributed by atoms with Crippen molar-refractivity contribution in [2.24, 2.45) is 5.41 Å². The van der Waals surface area contributed by atoms with Gasteiger partial charge in [0.05, 0.1) is 0 Å². The predicted molar refractivity (Wildman–Crippen MR) is 67.2 cm³/mol. The second kappa shape index (κ2) is 4.84. The van der Waals surface area contributed by atoms with Crippen LogP contribution in [-0.2, 0) is 6.54 Å². The van der Waals surface area contributed by atoms with Crippen LogP contribution in [0.15, 0.2) is 12.1 Å². The molecule has 1 aromatic carbocycles. The fraction of sp³-hybridized carbons (Fsp3) is 0.538. The smallest absolute Gasteiger partial charge is 0.200 e. The molecule has 0 amide bonds. The topological polar surface area (TPSA) is 72.7 Å². The molecule has 17 heavy (non-hydrogen) atoms. The van der Waals surface area contributed by atoms with Crippen LogP contribution in [0.25, 0.3) is 0 Å². The maximum atomic E-state index is 9.64. The molecule has 0 aromatic heterocycles. The second-order valence-electron chi connectivity index (χ2n) is 5.41. The molecule has 0 saturated carbocycles. The van der Waals surface area contributed by atoms with E-state index in [0.29, 0.717) is 12.1 Å². The van der Waals surface area contributed by atoms with Gasteiger partial charge in [-0.15, -0.1) is 0 Å². The monoisotopic (exact) mass is 239 g/mol. The molecule has 1 atom stereocenters. The van der Waals surface area contributed by atoms with Gasteiger partial charge in [0.25, 0.3) is 0 Å². The van der Waals surface area contributed by atoms with Gasteiger partial charge in [0.15, 0.2) is 11.5 Å². The Labute approximate surface area is 102 Å². The fourth-order valence-corrected chi connectivity index (χ4v) is 1.32. The standard InChI is InChI=1S/C13H21NO3/c1-8(13(2,3)4)14-7-9-5-6-10(15)12(17)11(9)16/h5-6,8,14-17H,7H2,1-4H3. The summed E-state index contributed by atoms with van der Waals surface area (Å²) in [6, 6.07) is 3.22. The molecule has 1 aromatic rings. The maximum absolute atomic E-state index is 9.64. The zero-order valence-electron chi connectivity index (χ0n) is 10.8. The number of phenols is 3. The fourth-order valence-electron chi connectivity index (χ4n) is 1.32. The van der Waals surface area contributed by atoms with Gasteiger partial charge in [-0.2, -0.15) is 0 Å². The van der Waals surface area contributed by atoms with Crippen LogP contribution >= 0.6 is 0 Å². The van der Waals surface area contributed by atoms with E-state index in [4.69, 9.17) is 0 Å². The minimum atomic E-state index is -0.465. The highest BCUT2D eigenvalue weighted by Crippen LogP contribution is 2.37. The first-order chi connectivity index (χ1) is 7.73. The van der Waals surface area contributed by atoms with Gasteiger partial charge >= 0.3 is 0 Å². The molecule has 0 bridgehead atoms. The maximum Gasteiger partial charge on any atom is 0.200 e. The van der Waals surface area contributed by atoms with Crippen LogP contribution in [0, 0.1) is 5.41 Å². The summed E-state index contributed by atoms with van der Waals surface area (Å²) in [6.45, 7) is 8.88. The molecule has 0 saturated heterocycles. The summed E-state index contributed by atoms with van der Waals surface area (Å²) in [5, 5.41) is 31.5. The van der Waals surface area contributed by atoms with Crippen molar-refractivity contribution in [3.8, 4) is 17.2 Å². The molecule has 0 heterocycles. The van der Waals surface area contributed by atoms with Crippen molar-refractivity contribution in [1.82, 2.24) is 5.32 Å². The van der Waals surface area contributed by atoms with E-state index in [-0.39, 0.29) is 23.0 Å². The lowest BCUT2D eigenvalue weighted by Gasteiger charge is -2.28. The second-order valence-corrected chi connectivity index (χ2v) is 5.41. The van der Waals surface area contributed by atoms with Gasteiger partial charge in [-0.3, -0.25) is 0 Å². The number of hydrogen-bond donors (Lipinski definition) is 4. The molecule has 0 spiro atoms. The van der Waals surface area contributed by atoms with Gasteiger partial charge in [0.1, 0.15) is 0 Å². The van der Waals surface area contributed by atoms with Gasteiger partial charge in [-0.05, 0) is 18.4 Å². The van der Waals surface area contributed by atoms with Crippen LogP contribution in [0.5, 0.6) is 17.2 Å². The van der Waals surface area contributed by atoms with Crippen LogP contribution in [-0.4, -0.2) is 21.4 Å². The molecule has 0 radical (unpaired) electrons. The molecule has 96 valence electrons. The molecule has 1 rings (SSSR count). The Balaban J connectivity index is 2.74. The molecule has 0 aliphatic rings. The SMILES string of the molecule is CC(NCc1ccc(O)c(O)c1O)C(C)(C)C. The average Bonchev–Trinajstić information content (AvgIpc) is 2.23. The highest BCUT2D eigenvalue weighted by atomic mass is 16.3. The van der Waals surface area contributed by atoms with Gasteiger partial charge in [-0.1, -0.05) is 26.8 Å². The number of aromatic hydroxyl groups is 3. The van der Waals surface area contributed by atoms with E-state index in [1.807, 2.05) is 0 Å². The molecule has 4 N–H and O–H groups in total. The Bertz CT molecular complexity index is 396. The highest BCUT2D eigenvalue weighted by molar-refractivity contribution is 5.52. The molecule has 4 heteroatoms. The molecular weight excluding hydrogens is 218 g/mol. The summed E-state index contributed by atoms with van der Waals surface area (Å²) >= 11 is 0. The normalized spacial score (nSPS) is 13.6. The quantitative estimate of drug-likeness (QED) is 0.611. The lowest BCUT2D eigenvalue weighted by molar-refractivity contribution is 0.283. The number of phenolic OH excluding ortho intramolecular Hbond substituents is 3. The predicted octanol–water partition coefficient (Wildman–Crippen LogP) is 2.33. The summed E-state index contributed by atoms with van der Waals surface area (Å²) < 4.78 is 0. The largest absolute Gasteiger partial charge is 0.504 e. The molecule has 0 fully saturated rings. The third kappa shape index (κ3) is 3.27. The Morgan fingerprint density at radius 3 is 2.24 bits per heavy atom. The summed E-state index contributed by atoms with van der Waals surface area (Å²) in [4.78, 5) is 0. The van der Waals surface area contributed by atoms with E-state index < -0.39 is 5.75 Å². The molecule has 0 aliphatic heterocycles. The summed E-state index contributed by atoms with van der Waals surface area (Å²) in [5.41, 5.74) is 0.686. The molecule has 4 nitrogen and oxygen atoms in total. The highest BCUT2D eigenvalue weighted by Gasteiger charge is 2.20. The van der Waals surface area contributed by atoms with E-state index in [1.54, 1.807) is 6.07 Å². The minimum absolute atomic E-state index is 0.120. The van der Waals surface area contributed by atoms with Crippen molar-refractivity contribution in [3.63, 3.8) is 0 Å². The zero-order chi connectivity index (χ0) is 13.2. The number of rotatable bonds is 3. The number of nitrogens with one attached hydrogen (secondary N) is 1. The van der Waals surface area contributed by atoms with Crippen LogP contribution < -0.4 is 5.32 Å². The van der Waals surface area contributed by atoms with Crippen molar-refractivity contribution in [2.45, 2.75) is 40.3 Å². The Morgan fingerprint density at radius 2 is 1.71 bits per heavy atom. The lowest BCUT2D eigenvalue weighted by Crippen LogP contribution is -2.37. The number of hydrogen-bond acceptors (Lipinski definition) is 4. The van der Waals surface area contributed by atoms with Crippen molar-refractivity contribution in [1.29, 1.82) is 0 Å². The molecule has 1 unspecified atom stereocenters. The van der Waals surface area contributed by atoms with Crippen molar-refractivity contribution >= 4 is 0 Å². The van der Waals surface area contributed by atoms with E-state index in [9.17, 15) is 15.3 Å². The minimum Gasteiger partial charge on any atom is -0.504 e. The first-order valence-electron chi connectivity index (χ1n) is 5.69. The summed E-state index contributed by atoms with van der Waals surface area (Å²) in [7, 11) is 0. The number of benzene rings is 1. The van der Waals surface area contributed by atoms with Crippen LogP contribution in [0.1, 0.15) is 33.3 Å². The van der Waals surface area contributed by atoms with E-state index in [0.717, 1.165) is 0 Å². The van der Waals surface area contributed by atoms with E-state index >= 15 is 0 Å². The Morgan fingerprint density at radius 1 is 1.12 bits per heavy atom. The Kier molecular flexibility index (Phi) is 3.88. The average molecular weight is 239 g/mol. The summed E-state index contributed by atoms with van der Waals surface area (Å²) in [5.74, 6) is -1.04. The molecule has 0 aliphatic carbocycles. The van der Waals surface area contributed by atoms with E-state index in [1.165, 1.54) is 6.07 Å². The third-order valence-corrected chi connectivity index (χ3v) is 3.11. The van der Waals surface area contributed by atoms with Crippen LogP contribution in [0.2, 0.25) is 0 Å². The van der Waals surface area contributed by atoms with Gasteiger partial charge in [0, 0.05) is 18.2 Å². The van der Waals surface area contributed by atoms with E-state index in [2.05, 4.69) is 33.0 Å². The first kappa shape index (κ1) is 13.6. The van der Waals surface area contributed by atoms with Gasteiger partial charge in [0.2, 0.25) is 5.75 Å². The lowest BCUT2D eigenvalue weighted by atomic mass is 9.88. The van der Waals surface area contributed by atoms with Crippen molar-refractivity contribution in [3.05, 3.63) is 17.7 Å². The van der Waals surface area contributed by atoms with Gasteiger partial charge in [-0.25, -0.2) is 0 Å².